The fraction of sp³-hybridized carbons (Fsp3) is 0.500. The second-order valence-corrected chi connectivity index (χ2v) is 8.32. The molecule has 1 atom stereocenters. The van der Waals surface area contributed by atoms with Crippen molar-refractivity contribution in [3.63, 3.8) is 0 Å². The number of imidazole rings is 1. The summed E-state index contributed by atoms with van der Waals surface area (Å²) in [7, 11) is 0. The second-order valence-electron chi connectivity index (χ2n) is 8.32. The van der Waals surface area contributed by atoms with Gasteiger partial charge in [0.2, 0.25) is 0 Å². The van der Waals surface area contributed by atoms with Crippen molar-refractivity contribution in [1.82, 2.24) is 24.5 Å². The zero-order chi connectivity index (χ0) is 20.7. The van der Waals surface area contributed by atoms with Gasteiger partial charge in [-0.25, -0.2) is 9.50 Å². The van der Waals surface area contributed by atoms with Crippen LogP contribution in [0.2, 0.25) is 0 Å². The molecule has 2 aliphatic rings. The van der Waals surface area contributed by atoms with Gasteiger partial charge in [-0.1, -0.05) is 17.7 Å². The van der Waals surface area contributed by atoms with Crippen molar-refractivity contribution in [3.8, 4) is 5.75 Å². The number of nitrogens with zero attached hydrogens (tertiary/aromatic N) is 4. The van der Waals surface area contributed by atoms with Gasteiger partial charge in [0, 0.05) is 32.2 Å². The van der Waals surface area contributed by atoms with Crippen LogP contribution in [0.1, 0.15) is 48.9 Å². The molecule has 0 amide bonds. The van der Waals surface area contributed by atoms with Gasteiger partial charge in [0.1, 0.15) is 23.5 Å². The van der Waals surface area contributed by atoms with Crippen LogP contribution in [-0.4, -0.2) is 56.9 Å². The van der Waals surface area contributed by atoms with Gasteiger partial charge in [-0.3, -0.25) is 9.69 Å². The van der Waals surface area contributed by atoms with Gasteiger partial charge in [0.25, 0.3) is 5.56 Å². The Hall–Kier alpha value is -2.71. The van der Waals surface area contributed by atoms with E-state index in [1.165, 1.54) is 5.56 Å². The number of likely N-dealkylation sites (tertiary alicyclic amines) is 1. The molecule has 0 radical (unpaired) electrons. The summed E-state index contributed by atoms with van der Waals surface area (Å²) in [6.07, 6.45) is 3.59. The summed E-state index contributed by atoms with van der Waals surface area (Å²) >= 11 is 0. The quantitative estimate of drug-likeness (QED) is 0.697. The lowest BCUT2D eigenvalue weighted by atomic mass is 10.00. The number of aromatic nitrogens is 4. The van der Waals surface area contributed by atoms with Gasteiger partial charge >= 0.3 is 0 Å². The second kappa shape index (κ2) is 7.85. The normalized spacial score (nSPS) is 19.7. The summed E-state index contributed by atoms with van der Waals surface area (Å²) in [4.78, 5) is 22.4. The summed E-state index contributed by atoms with van der Waals surface area (Å²) in [5.74, 6) is 2.69. The van der Waals surface area contributed by atoms with Gasteiger partial charge in [-0.05, 0) is 38.8 Å². The van der Waals surface area contributed by atoms with E-state index in [2.05, 4.69) is 40.8 Å². The number of hydrogen-bond donors (Lipinski definition) is 1. The summed E-state index contributed by atoms with van der Waals surface area (Å²) < 4.78 is 13.2. The highest BCUT2D eigenvalue weighted by atomic mass is 16.5. The number of H-pyrrole nitrogens is 1. The molecule has 1 N–H and O–H groups in total. The van der Waals surface area contributed by atoms with E-state index in [0.717, 1.165) is 50.7 Å². The third-order valence-corrected chi connectivity index (χ3v) is 6.18. The molecule has 158 valence electrons. The Kier molecular flexibility index (Phi) is 5.04. The minimum Gasteiger partial charge on any atom is -0.488 e. The third-order valence-electron chi connectivity index (χ3n) is 6.18. The molecule has 8 nitrogen and oxygen atoms in total. The smallest absolute Gasteiger partial charge is 0.277 e. The van der Waals surface area contributed by atoms with Crippen LogP contribution in [0.25, 0.3) is 5.52 Å². The van der Waals surface area contributed by atoms with Gasteiger partial charge in [0.05, 0.1) is 12.2 Å². The number of benzene rings is 1. The number of aryl methyl sites for hydroxylation is 1. The zero-order valence-corrected chi connectivity index (χ0v) is 17.4. The minimum absolute atomic E-state index is 0.00935. The van der Waals surface area contributed by atoms with E-state index in [1.54, 1.807) is 10.7 Å². The molecule has 4 heterocycles. The number of hydrogen-bond acceptors (Lipinski definition) is 6. The van der Waals surface area contributed by atoms with E-state index in [0.29, 0.717) is 11.3 Å². The van der Waals surface area contributed by atoms with E-state index in [-0.39, 0.29) is 23.6 Å². The Bertz CT molecular complexity index is 1080. The average molecular weight is 409 g/mol. The molecular weight excluding hydrogens is 382 g/mol. The zero-order valence-electron chi connectivity index (χ0n) is 17.4. The monoisotopic (exact) mass is 409 g/mol. The summed E-state index contributed by atoms with van der Waals surface area (Å²) in [6, 6.07) is 8.11. The standard InChI is InChI=1S/C22H27N5O3/c1-14-3-5-17(6-4-14)30-18-12-26(13-18)15(2)20-24-22(28)19-11-23-21(27(19)25-20)16-7-9-29-10-8-16/h3-6,11,15-16,18H,7-10,12-13H2,1-2H3,(H,24,25,28). The molecule has 8 heteroatoms. The Balaban J connectivity index is 1.31. The summed E-state index contributed by atoms with van der Waals surface area (Å²) in [6.45, 7) is 7.18. The molecule has 0 saturated carbocycles. The highest BCUT2D eigenvalue weighted by molar-refractivity contribution is 5.42. The van der Waals surface area contributed by atoms with Gasteiger partial charge in [-0.2, -0.15) is 5.10 Å². The molecule has 2 saturated heterocycles. The molecule has 2 fully saturated rings. The first-order valence-electron chi connectivity index (χ1n) is 10.6. The molecule has 0 spiro atoms. The molecule has 0 bridgehead atoms. The third kappa shape index (κ3) is 3.61. The van der Waals surface area contributed by atoms with Crippen molar-refractivity contribution in [2.75, 3.05) is 26.3 Å². The number of fused-ring (bicyclic) bond motifs is 1. The number of nitrogens with one attached hydrogen (secondary N) is 1. The van der Waals surface area contributed by atoms with Crippen molar-refractivity contribution in [2.45, 2.75) is 44.8 Å². The van der Waals surface area contributed by atoms with Crippen molar-refractivity contribution in [1.29, 1.82) is 0 Å². The molecule has 1 aromatic carbocycles. The first kappa shape index (κ1) is 19.3. The minimum atomic E-state index is -0.148. The molecule has 2 aliphatic heterocycles. The van der Waals surface area contributed by atoms with Gasteiger partial charge in [-0.15, -0.1) is 0 Å². The van der Waals surface area contributed by atoms with Crippen molar-refractivity contribution in [3.05, 3.63) is 58.0 Å². The molecule has 30 heavy (non-hydrogen) atoms. The van der Waals surface area contributed by atoms with E-state index < -0.39 is 0 Å². The van der Waals surface area contributed by atoms with Crippen LogP contribution in [-0.2, 0) is 4.74 Å². The maximum Gasteiger partial charge on any atom is 0.277 e. The van der Waals surface area contributed by atoms with Crippen molar-refractivity contribution in [2.24, 2.45) is 0 Å². The number of rotatable bonds is 5. The maximum absolute atomic E-state index is 12.6. The van der Waals surface area contributed by atoms with Crippen LogP contribution in [0, 0.1) is 6.92 Å². The number of ether oxygens (including phenoxy) is 2. The highest BCUT2D eigenvalue weighted by Crippen LogP contribution is 2.28. The number of aromatic amines is 1. The van der Waals surface area contributed by atoms with Crippen LogP contribution in [0.5, 0.6) is 5.75 Å². The Morgan fingerprint density at radius 1 is 1.20 bits per heavy atom. The van der Waals surface area contributed by atoms with Crippen LogP contribution in [0.4, 0.5) is 0 Å². The van der Waals surface area contributed by atoms with E-state index in [4.69, 9.17) is 14.6 Å². The average Bonchev–Trinajstić information content (AvgIpc) is 3.16. The lowest BCUT2D eigenvalue weighted by Crippen LogP contribution is -2.54. The Labute approximate surface area is 174 Å². The topological polar surface area (TPSA) is 84.8 Å². The summed E-state index contributed by atoms with van der Waals surface area (Å²) in [5, 5.41) is 4.77. The van der Waals surface area contributed by atoms with Crippen molar-refractivity contribution < 1.29 is 9.47 Å². The summed E-state index contributed by atoms with van der Waals surface area (Å²) in [5.41, 5.74) is 1.57. The highest BCUT2D eigenvalue weighted by Gasteiger charge is 2.34. The SMILES string of the molecule is Cc1ccc(OC2CN(C(C)c3nn4c(C5CCOCC5)ncc4c(=O)[nH]3)C2)cc1. The molecule has 2 aromatic heterocycles. The Morgan fingerprint density at radius 3 is 2.67 bits per heavy atom. The van der Waals surface area contributed by atoms with Gasteiger partial charge in [0.15, 0.2) is 5.52 Å². The van der Waals surface area contributed by atoms with E-state index in [9.17, 15) is 4.79 Å². The molecule has 1 unspecified atom stereocenters. The van der Waals surface area contributed by atoms with Gasteiger partial charge < -0.3 is 14.5 Å². The molecule has 3 aromatic rings. The van der Waals surface area contributed by atoms with Crippen LogP contribution < -0.4 is 10.3 Å². The maximum atomic E-state index is 12.6. The lowest BCUT2D eigenvalue weighted by Gasteiger charge is -2.42. The predicted molar refractivity (Wildman–Crippen MR) is 112 cm³/mol. The van der Waals surface area contributed by atoms with Crippen LogP contribution in [0.15, 0.2) is 35.3 Å². The largest absolute Gasteiger partial charge is 0.488 e. The first-order valence-corrected chi connectivity index (χ1v) is 10.6. The molecule has 0 aliphatic carbocycles. The van der Waals surface area contributed by atoms with Crippen LogP contribution >= 0.6 is 0 Å². The van der Waals surface area contributed by atoms with E-state index in [1.807, 2.05) is 12.1 Å². The Morgan fingerprint density at radius 2 is 1.93 bits per heavy atom. The molecular formula is C22H27N5O3. The first-order chi connectivity index (χ1) is 14.6. The fourth-order valence-corrected chi connectivity index (χ4v) is 4.20. The van der Waals surface area contributed by atoms with Crippen molar-refractivity contribution >= 4 is 5.52 Å². The predicted octanol–water partition coefficient (Wildman–Crippen LogP) is 2.44. The van der Waals surface area contributed by atoms with E-state index >= 15 is 0 Å². The lowest BCUT2D eigenvalue weighted by molar-refractivity contribution is -0.00774. The van der Waals surface area contributed by atoms with Crippen LogP contribution in [0.3, 0.4) is 0 Å². The molecule has 5 rings (SSSR count). The fourth-order valence-electron chi connectivity index (χ4n) is 4.20.